The van der Waals surface area contributed by atoms with Crippen LogP contribution in [0.3, 0.4) is 0 Å². The minimum Gasteiger partial charge on any atom is -0.507 e. The number of phenols is 1. The standard InChI is InChI=1S/C25H20F2N4O3/c1-30(14-16-13-28-31(15-16)21-5-3-2-4-6-21)25(34)22-8-7-20(12-23(22)32)29-24(33)17-9-18(26)11-19(27)10-17/h2-13,15,32H,14H2,1H3,(H,29,33). The molecular weight excluding hydrogens is 442 g/mol. The molecule has 0 saturated heterocycles. The number of halogens is 2. The van der Waals surface area contributed by atoms with Gasteiger partial charge in [-0.25, -0.2) is 13.5 Å². The number of carbonyl (C=O) groups is 2. The van der Waals surface area contributed by atoms with E-state index >= 15 is 0 Å². The van der Waals surface area contributed by atoms with Crippen LogP contribution in [0.1, 0.15) is 26.3 Å². The van der Waals surface area contributed by atoms with Gasteiger partial charge in [0.05, 0.1) is 17.4 Å². The van der Waals surface area contributed by atoms with Crippen LogP contribution in [0.25, 0.3) is 5.69 Å². The average Bonchev–Trinajstić information content (AvgIpc) is 3.27. The number of carbonyl (C=O) groups excluding carboxylic acids is 2. The van der Waals surface area contributed by atoms with Gasteiger partial charge in [-0.15, -0.1) is 0 Å². The molecule has 0 fully saturated rings. The first kappa shape index (κ1) is 22.7. The van der Waals surface area contributed by atoms with Gasteiger partial charge in [-0.2, -0.15) is 5.10 Å². The van der Waals surface area contributed by atoms with Crippen LogP contribution in [0.4, 0.5) is 14.5 Å². The molecule has 172 valence electrons. The number of phenolic OH excluding ortho intramolecular Hbond substituents is 1. The lowest BCUT2D eigenvalue weighted by Crippen LogP contribution is -2.26. The Balaban J connectivity index is 1.43. The van der Waals surface area contributed by atoms with E-state index in [1.807, 2.05) is 36.5 Å². The van der Waals surface area contributed by atoms with Gasteiger partial charge in [0.25, 0.3) is 11.8 Å². The maximum Gasteiger partial charge on any atom is 0.257 e. The van der Waals surface area contributed by atoms with Crippen LogP contribution in [0, 0.1) is 11.6 Å². The van der Waals surface area contributed by atoms with Gasteiger partial charge in [-0.1, -0.05) is 18.2 Å². The molecule has 2 amide bonds. The topological polar surface area (TPSA) is 87.5 Å². The van der Waals surface area contributed by atoms with Crippen LogP contribution in [-0.4, -0.2) is 38.6 Å². The molecule has 0 spiro atoms. The smallest absolute Gasteiger partial charge is 0.257 e. The third kappa shape index (κ3) is 5.09. The second kappa shape index (κ2) is 9.53. The highest BCUT2D eigenvalue weighted by atomic mass is 19.1. The lowest BCUT2D eigenvalue weighted by atomic mass is 10.1. The van der Waals surface area contributed by atoms with Crippen LogP contribution in [0.5, 0.6) is 5.75 Å². The Morgan fingerprint density at radius 3 is 2.41 bits per heavy atom. The van der Waals surface area contributed by atoms with Crippen molar-refractivity contribution in [2.45, 2.75) is 6.54 Å². The second-order valence-corrected chi connectivity index (χ2v) is 7.63. The zero-order chi connectivity index (χ0) is 24.2. The molecule has 0 aliphatic heterocycles. The summed E-state index contributed by atoms with van der Waals surface area (Å²) in [6.45, 7) is 0.259. The molecule has 0 aliphatic rings. The van der Waals surface area contributed by atoms with Crippen molar-refractivity contribution in [3.05, 3.63) is 107 Å². The van der Waals surface area contributed by atoms with E-state index in [0.29, 0.717) is 6.07 Å². The first-order valence-corrected chi connectivity index (χ1v) is 10.2. The average molecular weight is 462 g/mol. The van der Waals surface area contributed by atoms with Crippen LogP contribution in [0.2, 0.25) is 0 Å². The summed E-state index contributed by atoms with van der Waals surface area (Å²) >= 11 is 0. The van der Waals surface area contributed by atoms with Gasteiger partial charge < -0.3 is 15.3 Å². The number of amides is 2. The van der Waals surface area contributed by atoms with E-state index in [4.69, 9.17) is 0 Å². The number of para-hydroxylation sites is 1. The zero-order valence-electron chi connectivity index (χ0n) is 18.1. The van der Waals surface area contributed by atoms with E-state index in [2.05, 4.69) is 10.4 Å². The predicted octanol–water partition coefficient (Wildman–Crippen LogP) is 4.38. The van der Waals surface area contributed by atoms with Crippen LogP contribution < -0.4 is 5.32 Å². The van der Waals surface area contributed by atoms with Crippen molar-refractivity contribution in [1.29, 1.82) is 0 Å². The summed E-state index contributed by atoms with van der Waals surface area (Å²) < 4.78 is 28.4. The van der Waals surface area contributed by atoms with Crippen molar-refractivity contribution in [3.63, 3.8) is 0 Å². The van der Waals surface area contributed by atoms with Crippen molar-refractivity contribution in [2.24, 2.45) is 0 Å². The fourth-order valence-corrected chi connectivity index (χ4v) is 3.39. The molecule has 0 atom stereocenters. The molecular formula is C25H20F2N4O3. The monoisotopic (exact) mass is 462 g/mol. The molecule has 9 heteroatoms. The van der Waals surface area contributed by atoms with Crippen molar-refractivity contribution < 1.29 is 23.5 Å². The van der Waals surface area contributed by atoms with Crippen molar-refractivity contribution in [3.8, 4) is 11.4 Å². The minimum atomic E-state index is -0.883. The van der Waals surface area contributed by atoms with Crippen LogP contribution in [-0.2, 0) is 6.54 Å². The number of rotatable bonds is 6. The maximum atomic E-state index is 13.3. The molecule has 0 saturated carbocycles. The van der Waals surface area contributed by atoms with Gasteiger partial charge in [0.2, 0.25) is 0 Å². The summed E-state index contributed by atoms with van der Waals surface area (Å²) in [5, 5.41) is 17.1. The fourth-order valence-electron chi connectivity index (χ4n) is 3.39. The number of aromatic nitrogens is 2. The molecule has 1 aromatic heterocycles. The van der Waals surface area contributed by atoms with E-state index in [9.17, 15) is 23.5 Å². The van der Waals surface area contributed by atoms with E-state index in [-0.39, 0.29) is 29.1 Å². The second-order valence-electron chi connectivity index (χ2n) is 7.63. The van der Waals surface area contributed by atoms with Crippen LogP contribution in [0.15, 0.2) is 79.1 Å². The fraction of sp³-hybridized carbons (Fsp3) is 0.0800. The maximum absolute atomic E-state index is 13.3. The number of nitrogens with one attached hydrogen (secondary N) is 1. The molecule has 0 bridgehead atoms. The van der Waals surface area contributed by atoms with E-state index in [0.717, 1.165) is 23.4 Å². The summed E-state index contributed by atoms with van der Waals surface area (Å²) in [4.78, 5) is 26.5. The predicted molar refractivity (Wildman–Crippen MR) is 122 cm³/mol. The highest BCUT2D eigenvalue weighted by Gasteiger charge is 2.18. The SMILES string of the molecule is CN(Cc1cnn(-c2ccccc2)c1)C(=O)c1ccc(NC(=O)c2cc(F)cc(F)c2)cc1O. The van der Waals surface area contributed by atoms with Crippen molar-refractivity contribution in [1.82, 2.24) is 14.7 Å². The van der Waals surface area contributed by atoms with Gasteiger partial charge in [0.15, 0.2) is 0 Å². The van der Waals surface area contributed by atoms with Crippen LogP contribution >= 0.6 is 0 Å². The molecule has 34 heavy (non-hydrogen) atoms. The first-order chi connectivity index (χ1) is 16.3. The first-order valence-electron chi connectivity index (χ1n) is 10.2. The lowest BCUT2D eigenvalue weighted by molar-refractivity contribution is 0.0782. The molecule has 2 N–H and O–H groups in total. The number of hydrogen-bond acceptors (Lipinski definition) is 4. The molecule has 1 heterocycles. The summed E-state index contributed by atoms with van der Waals surface area (Å²) in [7, 11) is 1.59. The Kier molecular flexibility index (Phi) is 6.35. The summed E-state index contributed by atoms with van der Waals surface area (Å²) in [6.07, 6.45) is 3.47. The summed E-state index contributed by atoms with van der Waals surface area (Å²) in [5.41, 5.74) is 1.67. The molecule has 0 aliphatic carbocycles. The Morgan fingerprint density at radius 1 is 1.03 bits per heavy atom. The van der Waals surface area contributed by atoms with Crippen molar-refractivity contribution in [2.75, 3.05) is 12.4 Å². The van der Waals surface area contributed by atoms with Gasteiger partial charge >= 0.3 is 0 Å². The van der Waals surface area contributed by atoms with E-state index in [1.165, 1.54) is 23.1 Å². The summed E-state index contributed by atoms with van der Waals surface area (Å²) in [6, 6.07) is 16.0. The third-order valence-corrected chi connectivity index (χ3v) is 5.03. The highest BCUT2D eigenvalue weighted by Crippen LogP contribution is 2.24. The summed E-state index contributed by atoms with van der Waals surface area (Å²) in [5.74, 6) is -3.31. The molecule has 0 radical (unpaired) electrons. The number of benzene rings is 3. The Labute approximate surface area is 193 Å². The Bertz CT molecular complexity index is 1340. The molecule has 4 aromatic rings. The largest absolute Gasteiger partial charge is 0.507 e. The number of anilines is 1. The van der Waals surface area contributed by atoms with Gasteiger partial charge in [0, 0.05) is 48.7 Å². The van der Waals surface area contributed by atoms with Crippen molar-refractivity contribution >= 4 is 17.5 Å². The quantitative estimate of drug-likeness (QED) is 0.445. The number of nitrogens with zero attached hydrogens (tertiary/aromatic N) is 3. The number of hydrogen-bond donors (Lipinski definition) is 2. The normalized spacial score (nSPS) is 10.7. The lowest BCUT2D eigenvalue weighted by Gasteiger charge is -2.17. The van der Waals surface area contributed by atoms with E-state index in [1.54, 1.807) is 17.9 Å². The van der Waals surface area contributed by atoms with Gasteiger partial charge in [-0.05, 0) is 36.4 Å². The Hall–Kier alpha value is -4.53. The molecule has 3 aromatic carbocycles. The minimum absolute atomic E-state index is 0.0350. The molecule has 7 nitrogen and oxygen atoms in total. The molecule has 4 rings (SSSR count). The van der Waals surface area contributed by atoms with Gasteiger partial charge in [0.1, 0.15) is 17.4 Å². The molecule has 0 unspecified atom stereocenters. The highest BCUT2D eigenvalue weighted by molar-refractivity contribution is 6.05. The number of aromatic hydroxyl groups is 1. The zero-order valence-corrected chi connectivity index (χ0v) is 18.1. The Morgan fingerprint density at radius 2 is 1.74 bits per heavy atom. The van der Waals surface area contributed by atoms with Gasteiger partial charge in [-0.3, -0.25) is 9.59 Å². The third-order valence-electron chi connectivity index (χ3n) is 5.03. The van der Waals surface area contributed by atoms with E-state index < -0.39 is 23.4 Å².